The number of fused-ring (bicyclic) bond motifs is 1. The molecule has 0 saturated carbocycles. The molecule has 0 bridgehead atoms. The van der Waals surface area contributed by atoms with Crippen molar-refractivity contribution in [2.75, 3.05) is 6.61 Å². The minimum atomic E-state index is -1.13. The number of hydrogen-bond acceptors (Lipinski definition) is 2. The second-order valence-electron chi connectivity index (χ2n) is 5.00. The highest BCUT2D eigenvalue weighted by atomic mass is 19.2. The third-order valence-electron chi connectivity index (χ3n) is 3.74. The van der Waals surface area contributed by atoms with E-state index in [0.717, 1.165) is 5.56 Å². The standard InChI is InChI=1S/C16H14F2O2/c1-9-6-7-11(15(18)14(9)17)16(19)12-8-20-13-5-3-2-4-10(12)13/h2-7,12,16,19H,8H2,1H3. The Morgan fingerprint density at radius 1 is 1.15 bits per heavy atom. The summed E-state index contributed by atoms with van der Waals surface area (Å²) in [5.74, 6) is -1.59. The van der Waals surface area contributed by atoms with E-state index in [9.17, 15) is 13.9 Å². The predicted molar refractivity (Wildman–Crippen MR) is 70.7 cm³/mol. The molecule has 20 heavy (non-hydrogen) atoms. The van der Waals surface area contributed by atoms with Gasteiger partial charge in [-0.2, -0.15) is 0 Å². The Morgan fingerprint density at radius 2 is 1.90 bits per heavy atom. The van der Waals surface area contributed by atoms with Gasteiger partial charge >= 0.3 is 0 Å². The second kappa shape index (κ2) is 4.87. The summed E-state index contributed by atoms with van der Waals surface area (Å²) in [5.41, 5.74) is 1.01. The summed E-state index contributed by atoms with van der Waals surface area (Å²) in [5, 5.41) is 10.4. The van der Waals surface area contributed by atoms with Crippen LogP contribution in [-0.2, 0) is 0 Å². The van der Waals surface area contributed by atoms with Gasteiger partial charge in [0.05, 0.1) is 18.6 Å². The van der Waals surface area contributed by atoms with Gasteiger partial charge in [0.2, 0.25) is 0 Å². The highest BCUT2D eigenvalue weighted by molar-refractivity contribution is 5.42. The number of ether oxygens (including phenoxy) is 1. The van der Waals surface area contributed by atoms with Crippen LogP contribution >= 0.6 is 0 Å². The third-order valence-corrected chi connectivity index (χ3v) is 3.74. The van der Waals surface area contributed by atoms with Gasteiger partial charge in [0.25, 0.3) is 0 Å². The van der Waals surface area contributed by atoms with Crippen LogP contribution in [0.1, 0.15) is 28.7 Å². The van der Waals surface area contributed by atoms with E-state index in [1.165, 1.54) is 19.1 Å². The van der Waals surface area contributed by atoms with Gasteiger partial charge in [-0.25, -0.2) is 8.78 Å². The summed E-state index contributed by atoms with van der Waals surface area (Å²) < 4.78 is 33.1. The van der Waals surface area contributed by atoms with E-state index in [1.807, 2.05) is 18.2 Å². The largest absolute Gasteiger partial charge is 0.493 e. The average Bonchev–Trinajstić information content (AvgIpc) is 2.88. The molecule has 0 fully saturated rings. The topological polar surface area (TPSA) is 29.5 Å². The monoisotopic (exact) mass is 276 g/mol. The maximum atomic E-state index is 14.0. The van der Waals surface area contributed by atoms with Crippen LogP contribution < -0.4 is 4.74 Å². The molecular formula is C16H14F2O2. The van der Waals surface area contributed by atoms with Crippen molar-refractivity contribution in [2.24, 2.45) is 0 Å². The van der Waals surface area contributed by atoms with Gasteiger partial charge in [-0.05, 0) is 18.6 Å². The smallest absolute Gasteiger partial charge is 0.164 e. The molecule has 1 N–H and O–H groups in total. The van der Waals surface area contributed by atoms with E-state index in [0.29, 0.717) is 5.75 Å². The molecule has 1 aliphatic heterocycles. The van der Waals surface area contributed by atoms with Crippen molar-refractivity contribution >= 4 is 0 Å². The fourth-order valence-electron chi connectivity index (χ4n) is 2.55. The fraction of sp³-hybridized carbons (Fsp3) is 0.250. The quantitative estimate of drug-likeness (QED) is 0.910. The second-order valence-corrected chi connectivity index (χ2v) is 5.00. The van der Waals surface area contributed by atoms with E-state index in [2.05, 4.69) is 0 Å². The number of aliphatic hydroxyl groups is 1. The first-order valence-electron chi connectivity index (χ1n) is 6.44. The molecule has 2 aromatic rings. The van der Waals surface area contributed by atoms with Gasteiger partial charge < -0.3 is 9.84 Å². The maximum absolute atomic E-state index is 14.0. The average molecular weight is 276 g/mol. The molecule has 104 valence electrons. The minimum Gasteiger partial charge on any atom is -0.493 e. The Balaban J connectivity index is 1.99. The Hall–Kier alpha value is -1.94. The van der Waals surface area contributed by atoms with Gasteiger partial charge in [0, 0.05) is 11.1 Å². The van der Waals surface area contributed by atoms with Crippen molar-refractivity contribution in [3.8, 4) is 5.75 Å². The SMILES string of the molecule is Cc1ccc(C(O)C2COc3ccccc32)c(F)c1F. The van der Waals surface area contributed by atoms with Crippen LogP contribution in [-0.4, -0.2) is 11.7 Å². The Kier molecular flexibility index (Phi) is 3.18. The summed E-state index contributed by atoms with van der Waals surface area (Å²) >= 11 is 0. The van der Waals surface area contributed by atoms with Crippen LogP contribution in [0, 0.1) is 18.6 Å². The van der Waals surface area contributed by atoms with E-state index in [-0.39, 0.29) is 23.7 Å². The number of aryl methyl sites for hydroxylation is 1. The van der Waals surface area contributed by atoms with Crippen molar-refractivity contribution < 1.29 is 18.6 Å². The lowest BCUT2D eigenvalue weighted by Gasteiger charge is -2.18. The van der Waals surface area contributed by atoms with E-state index in [4.69, 9.17) is 4.74 Å². The van der Waals surface area contributed by atoms with Crippen molar-refractivity contribution in [2.45, 2.75) is 18.9 Å². The van der Waals surface area contributed by atoms with Crippen LogP contribution in [0.2, 0.25) is 0 Å². The lowest BCUT2D eigenvalue weighted by molar-refractivity contribution is 0.125. The Bertz CT molecular complexity index is 655. The van der Waals surface area contributed by atoms with E-state index < -0.39 is 17.7 Å². The molecule has 3 rings (SSSR count). The number of aliphatic hydroxyl groups excluding tert-OH is 1. The number of hydrogen-bond donors (Lipinski definition) is 1. The molecule has 1 aliphatic rings. The van der Waals surface area contributed by atoms with Crippen LogP contribution in [0.15, 0.2) is 36.4 Å². The minimum absolute atomic E-state index is 0.0293. The van der Waals surface area contributed by atoms with Gasteiger partial charge in [-0.15, -0.1) is 0 Å². The molecule has 1 heterocycles. The molecule has 2 aromatic carbocycles. The normalized spacial score (nSPS) is 18.5. The first kappa shape index (κ1) is 13.1. The van der Waals surface area contributed by atoms with Crippen LogP contribution in [0.4, 0.5) is 8.78 Å². The van der Waals surface area contributed by atoms with Crippen molar-refractivity contribution in [3.05, 3.63) is 64.7 Å². The van der Waals surface area contributed by atoms with Gasteiger partial charge in [0.15, 0.2) is 11.6 Å². The molecule has 2 unspecified atom stereocenters. The summed E-state index contributed by atoms with van der Waals surface area (Å²) in [7, 11) is 0. The van der Waals surface area contributed by atoms with Crippen molar-refractivity contribution in [1.82, 2.24) is 0 Å². The Labute approximate surface area is 115 Å². The molecule has 0 radical (unpaired) electrons. The van der Waals surface area contributed by atoms with Crippen LogP contribution in [0.25, 0.3) is 0 Å². The number of rotatable bonds is 2. The zero-order valence-corrected chi connectivity index (χ0v) is 10.9. The molecule has 2 nitrogen and oxygen atoms in total. The lowest BCUT2D eigenvalue weighted by Crippen LogP contribution is -2.14. The molecular weight excluding hydrogens is 262 g/mol. The number of para-hydroxylation sites is 1. The summed E-state index contributed by atoms with van der Waals surface area (Å²) in [4.78, 5) is 0. The van der Waals surface area contributed by atoms with Crippen molar-refractivity contribution in [1.29, 1.82) is 0 Å². The van der Waals surface area contributed by atoms with E-state index in [1.54, 1.807) is 6.07 Å². The van der Waals surface area contributed by atoms with Crippen molar-refractivity contribution in [3.63, 3.8) is 0 Å². The molecule has 0 aliphatic carbocycles. The number of halogens is 2. The predicted octanol–water partition coefficient (Wildman–Crippen LogP) is 3.48. The van der Waals surface area contributed by atoms with E-state index >= 15 is 0 Å². The molecule has 0 aromatic heterocycles. The van der Waals surface area contributed by atoms with Gasteiger partial charge in [-0.1, -0.05) is 30.3 Å². The maximum Gasteiger partial charge on any atom is 0.164 e. The first-order valence-corrected chi connectivity index (χ1v) is 6.44. The molecule has 0 spiro atoms. The zero-order chi connectivity index (χ0) is 14.3. The molecule has 4 heteroatoms. The summed E-state index contributed by atoms with van der Waals surface area (Å²) in [6.07, 6.45) is -1.13. The highest BCUT2D eigenvalue weighted by Crippen LogP contribution is 2.41. The Morgan fingerprint density at radius 3 is 2.70 bits per heavy atom. The third kappa shape index (κ3) is 1.96. The molecule has 2 atom stereocenters. The lowest BCUT2D eigenvalue weighted by atomic mass is 9.90. The fourth-order valence-corrected chi connectivity index (χ4v) is 2.55. The summed E-state index contributed by atoms with van der Waals surface area (Å²) in [6, 6.07) is 10.2. The van der Waals surface area contributed by atoms with Crippen LogP contribution in [0.5, 0.6) is 5.75 Å². The van der Waals surface area contributed by atoms with Crippen LogP contribution in [0.3, 0.4) is 0 Å². The summed E-state index contributed by atoms with van der Waals surface area (Å²) in [6.45, 7) is 1.75. The number of benzene rings is 2. The molecule has 0 amide bonds. The van der Waals surface area contributed by atoms with Gasteiger partial charge in [-0.3, -0.25) is 0 Å². The zero-order valence-electron chi connectivity index (χ0n) is 10.9. The van der Waals surface area contributed by atoms with Gasteiger partial charge in [0.1, 0.15) is 5.75 Å². The highest BCUT2D eigenvalue weighted by Gasteiger charge is 2.33. The first-order chi connectivity index (χ1) is 9.59. The molecule has 0 saturated heterocycles.